The Kier molecular flexibility index (Phi) is 6.58. The van der Waals surface area contributed by atoms with E-state index in [0.29, 0.717) is 13.1 Å². The zero-order chi connectivity index (χ0) is 20.5. The van der Waals surface area contributed by atoms with E-state index in [1.54, 1.807) is 16.8 Å². The van der Waals surface area contributed by atoms with E-state index >= 15 is 0 Å². The molecule has 2 N–H and O–H groups in total. The van der Waals surface area contributed by atoms with Gasteiger partial charge in [-0.2, -0.15) is 5.10 Å². The Morgan fingerprint density at radius 1 is 1.10 bits per heavy atom. The van der Waals surface area contributed by atoms with E-state index in [9.17, 15) is 9.18 Å². The van der Waals surface area contributed by atoms with Crippen molar-refractivity contribution in [2.45, 2.75) is 32.2 Å². The van der Waals surface area contributed by atoms with Gasteiger partial charge in [0, 0.05) is 36.3 Å². The number of hydrogen-bond acceptors (Lipinski definition) is 3. The second-order valence-electron chi connectivity index (χ2n) is 7.69. The molecule has 0 aliphatic carbocycles. The molecule has 3 aromatic rings. The molecule has 1 aliphatic heterocycles. The average Bonchev–Trinajstić information content (AvgIpc) is 3.24. The first-order chi connectivity index (χ1) is 13.9. The van der Waals surface area contributed by atoms with Gasteiger partial charge < -0.3 is 10.6 Å². The highest BCUT2D eigenvalue weighted by molar-refractivity contribution is 5.85. The number of amides is 1. The summed E-state index contributed by atoms with van der Waals surface area (Å²) in [5.74, 6) is -0.0722. The van der Waals surface area contributed by atoms with Crippen molar-refractivity contribution in [3.63, 3.8) is 0 Å². The van der Waals surface area contributed by atoms with Crippen LogP contribution < -0.4 is 5.73 Å². The number of hydrogen-bond donors (Lipinski definition) is 1. The molecule has 1 amide bonds. The first-order valence-corrected chi connectivity index (χ1v) is 9.83. The van der Waals surface area contributed by atoms with Gasteiger partial charge in [-0.15, -0.1) is 12.4 Å². The fourth-order valence-electron chi connectivity index (χ4n) is 4.11. The van der Waals surface area contributed by atoms with Crippen LogP contribution in [0.4, 0.5) is 4.39 Å². The number of nitrogens with zero attached hydrogens (tertiary/aromatic N) is 3. The fraction of sp³-hybridized carbons (Fsp3) is 0.304. The second kappa shape index (κ2) is 8.98. The Bertz CT molecular complexity index is 1020. The zero-order valence-electron chi connectivity index (χ0n) is 17.1. The molecule has 0 bridgehead atoms. The van der Waals surface area contributed by atoms with Crippen LogP contribution in [0, 0.1) is 19.7 Å². The van der Waals surface area contributed by atoms with Crippen LogP contribution in [0.15, 0.2) is 54.6 Å². The quantitative estimate of drug-likeness (QED) is 0.691. The van der Waals surface area contributed by atoms with Gasteiger partial charge in [-0.05, 0) is 43.7 Å². The Morgan fingerprint density at radius 2 is 1.77 bits per heavy atom. The predicted molar refractivity (Wildman–Crippen MR) is 118 cm³/mol. The van der Waals surface area contributed by atoms with Crippen LogP contribution in [0.1, 0.15) is 28.4 Å². The van der Waals surface area contributed by atoms with Gasteiger partial charge in [-0.25, -0.2) is 9.07 Å². The summed E-state index contributed by atoms with van der Waals surface area (Å²) in [5.41, 5.74) is 10.9. The molecular weight excluding hydrogens is 403 g/mol. The number of halogens is 2. The molecule has 0 unspecified atom stereocenters. The van der Waals surface area contributed by atoms with Gasteiger partial charge in [-0.3, -0.25) is 4.79 Å². The van der Waals surface area contributed by atoms with Crippen LogP contribution in [0.3, 0.4) is 0 Å². The minimum absolute atomic E-state index is 0. The van der Waals surface area contributed by atoms with E-state index in [4.69, 9.17) is 5.73 Å². The minimum atomic E-state index is -0.288. The van der Waals surface area contributed by atoms with Gasteiger partial charge in [0.2, 0.25) is 5.91 Å². The number of aryl methyl sites for hydroxylation is 1. The summed E-state index contributed by atoms with van der Waals surface area (Å²) in [6, 6.07) is 16.3. The van der Waals surface area contributed by atoms with Crippen molar-refractivity contribution >= 4 is 18.3 Å². The fourth-order valence-corrected chi connectivity index (χ4v) is 4.11. The lowest BCUT2D eigenvalue weighted by atomic mass is 9.95. The molecule has 5 nitrogen and oxygen atoms in total. The Balaban J connectivity index is 0.00000256. The van der Waals surface area contributed by atoms with Crippen molar-refractivity contribution < 1.29 is 9.18 Å². The molecule has 158 valence electrons. The van der Waals surface area contributed by atoms with E-state index < -0.39 is 0 Å². The topological polar surface area (TPSA) is 64.2 Å². The molecule has 2 atom stereocenters. The zero-order valence-corrected chi connectivity index (χ0v) is 17.9. The number of rotatable bonds is 4. The van der Waals surface area contributed by atoms with Crippen LogP contribution in [-0.4, -0.2) is 39.7 Å². The van der Waals surface area contributed by atoms with Crippen molar-refractivity contribution in [1.82, 2.24) is 14.7 Å². The van der Waals surface area contributed by atoms with Crippen molar-refractivity contribution in [3.05, 3.63) is 82.9 Å². The molecule has 1 aromatic heterocycles. The van der Waals surface area contributed by atoms with Crippen LogP contribution in [0.2, 0.25) is 0 Å². The van der Waals surface area contributed by atoms with Gasteiger partial charge in [-0.1, -0.05) is 30.3 Å². The lowest BCUT2D eigenvalue weighted by molar-refractivity contribution is -0.129. The molecule has 30 heavy (non-hydrogen) atoms. The summed E-state index contributed by atoms with van der Waals surface area (Å²) in [6.07, 6.45) is 0.285. The Hall–Kier alpha value is -2.70. The molecule has 7 heteroatoms. The molecule has 0 radical (unpaired) electrons. The molecule has 2 heterocycles. The molecule has 4 rings (SSSR count). The van der Waals surface area contributed by atoms with E-state index in [1.165, 1.54) is 17.7 Å². The third-order valence-electron chi connectivity index (χ3n) is 5.79. The number of benzene rings is 2. The number of nitrogens with two attached hydrogens (primary N) is 1. The molecule has 1 aliphatic rings. The predicted octanol–water partition coefficient (Wildman–Crippen LogP) is 3.55. The maximum atomic E-state index is 13.2. The second-order valence-corrected chi connectivity index (χ2v) is 7.69. The third kappa shape index (κ3) is 4.25. The van der Waals surface area contributed by atoms with E-state index in [1.807, 2.05) is 36.9 Å². The average molecular weight is 429 g/mol. The summed E-state index contributed by atoms with van der Waals surface area (Å²) in [6.45, 7) is 5.03. The minimum Gasteiger partial charge on any atom is -0.340 e. The number of likely N-dealkylation sites (tertiary alicyclic amines) is 1. The Morgan fingerprint density at radius 3 is 2.43 bits per heavy atom. The first-order valence-electron chi connectivity index (χ1n) is 9.83. The standard InChI is InChI=1S/C23H25FN4O.ClH/c1-15-20(16(2)28(26-15)19-10-8-18(24)9-11-19)12-23(29)27-13-21(22(25)14-27)17-6-4-3-5-7-17;/h3-11,21-22H,12-14,25H2,1-2H3;1H/t21-,22+;/m0./s1. The summed E-state index contributed by atoms with van der Waals surface area (Å²) >= 11 is 0. The van der Waals surface area contributed by atoms with Crippen molar-refractivity contribution in [2.75, 3.05) is 13.1 Å². The molecule has 2 aromatic carbocycles. The monoisotopic (exact) mass is 428 g/mol. The maximum Gasteiger partial charge on any atom is 0.227 e. The van der Waals surface area contributed by atoms with Gasteiger partial charge in [0.1, 0.15) is 5.82 Å². The first kappa shape index (κ1) is 22.0. The van der Waals surface area contributed by atoms with Crippen LogP contribution in [0.25, 0.3) is 5.69 Å². The van der Waals surface area contributed by atoms with Gasteiger partial charge in [0.05, 0.1) is 17.8 Å². The number of carbonyl (C=O) groups is 1. The van der Waals surface area contributed by atoms with E-state index in [-0.39, 0.29) is 42.5 Å². The van der Waals surface area contributed by atoms with Crippen molar-refractivity contribution in [2.24, 2.45) is 5.73 Å². The van der Waals surface area contributed by atoms with Gasteiger partial charge in [0.15, 0.2) is 0 Å². The molecule has 1 fully saturated rings. The van der Waals surface area contributed by atoms with Crippen LogP contribution in [-0.2, 0) is 11.2 Å². The highest BCUT2D eigenvalue weighted by Gasteiger charge is 2.34. The third-order valence-corrected chi connectivity index (χ3v) is 5.79. The molecular formula is C23H26ClFN4O. The SMILES string of the molecule is Cc1nn(-c2ccc(F)cc2)c(C)c1CC(=O)N1C[C@@H](N)[C@H](c2ccccc2)C1.Cl. The van der Waals surface area contributed by atoms with E-state index in [0.717, 1.165) is 22.6 Å². The van der Waals surface area contributed by atoms with Crippen LogP contribution in [0.5, 0.6) is 0 Å². The normalized spacial score (nSPS) is 18.3. The van der Waals surface area contributed by atoms with Crippen LogP contribution >= 0.6 is 12.4 Å². The highest BCUT2D eigenvalue weighted by atomic mass is 35.5. The maximum absolute atomic E-state index is 13.2. The smallest absolute Gasteiger partial charge is 0.227 e. The lowest BCUT2D eigenvalue weighted by Crippen LogP contribution is -2.33. The summed E-state index contributed by atoms with van der Waals surface area (Å²) in [7, 11) is 0. The van der Waals surface area contributed by atoms with E-state index in [2.05, 4.69) is 17.2 Å². The Labute approximate surface area is 182 Å². The molecule has 0 saturated carbocycles. The lowest BCUT2D eigenvalue weighted by Gasteiger charge is -2.17. The highest BCUT2D eigenvalue weighted by Crippen LogP contribution is 2.27. The number of carbonyl (C=O) groups excluding carboxylic acids is 1. The molecule has 1 saturated heterocycles. The largest absolute Gasteiger partial charge is 0.340 e. The molecule has 0 spiro atoms. The van der Waals surface area contributed by atoms with Crippen molar-refractivity contribution in [1.29, 1.82) is 0 Å². The summed E-state index contributed by atoms with van der Waals surface area (Å²) < 4.78 is 15.0. The summed E-state index contributed by atoms with van der Waals surface area (Å²) in [5, 5.41) is 4.57. The number of aromatic nitrogens is 2. The van der Waals surface area contributed by atoms with Crippen molar-refractivity contribution in [3.8, 4) is 5.69 Å². The van der Waals surface area contributed by atoms with Gasteiger partial charge >= 0.3 is 0 Å². The summed E-state index contributed by atoms with van der Waals surface area (Å²) in [4.78, 5) is 14.9. The van der Waals surface area contributed by atoms with Gasteiger partial charge in [0.25, 0.3) is 0 Å².